The second-order valence-electron chi connectivity index (χ2n) is 3.65. The molecule has 0 atom stereocenters. The second kappa shape index (κ2) is 6.66. The van der Waals surface area contributed by atoms with Crippen LogP contribution < -0.4 is 5.32 Å². The van der Waals surface area contributed by atoms with Crippen LogP contribution in [0.2, 0.25) is 0 Å². The lowest BCUT2D eigenvalue weighted by atomic mass is 10.2. The van der Waals surface area contributed by atoms with E-state index in [9.17, 15) is 13.2 Å². The maximum atomic E-state index is 11.9. The predicted octanol–water partition coefficient (Wildman–Crippen LogP) is 2.86. The first-order valence-corrected chi connectivity index (χ1v) is 5.43. The maximum Gasteiger partial charge on any atom is 0.411 e. The third-order valence-electron chi connectivity index (χ3n) is 2.08. The number of halogens is 3. The van der Waals surface area contributed by atoms with Gasteiger partial charge in [0.05, 0.1) is 6.26 Å². The highest BCUT2D eigenvalue weighted by Gasteiger charge is 2.27. The van der Waals surface area contributed by atoms with Crippen LogP contribution in [0.5, 0.6) is 0 Å². The number of hydrogen-bond donors (Lipinski definition) is 1. The number of ether oxygens (including phenoxy) is 1. The van der Waals surface area contributed by atoms with E-state index in [1.165, 1.54) is 6.26 Å². The van der Waals surface area contributed by atoms with Gasteiger partial charge in [0.25, 0.3) is 0 Å². The lowest BCUT2D eigenvalue weighted by molar-refractivity contribution is -0.177. The summed E-state index contributed by atoms with van der Waals surface area (Å²) in [4.78, 5) is 0. The monoisotopic (exact) mass is 251 g/mol. The summed E-state index contributed by atoms with van der Waals surface area (Å²) in [6.07, 6.45) is -1.85. The van der Waals surface area contributed by atoms with Gasteiger partial charge < -0.3 is 14.5 Å². The molecule has 0 unspecified atom stereocenters. The Bertz CT molecular complexity index is 323. The van der Waals surface area contributed by atoms with Crippen molar-refractivity contribution in [1.29, 1.82) is 0 Å². The van der Waals surface area contributed by atoms with Crippen LogP contribution in [0.25, 0.3) is 0 Å². The molecule has 0 amide bonds. The van der Waals surface area contributed by atoms with Gasteiger partial charge in [-0.05, 0) is 19.0 Å². The molecule has 1 N–H and O–H groups in total. The summed E-state index contributed by atoms with van der Waals surface area (Å²) in [5.41, 5.74) is 0.834. The van der Waals surface area contributed by atoms with Crippen LogP contribution in [0.3, 0.4) is 0 Å². The molecule has 0 aliphatic heterocycles. The number of nitrogens with one attached hydrogen (secondary N) is 1. The highest BCUT2D eigenvalue weighted by atomic mass is 19.4. The van der Waals surface area contributed by atoms with E-state index in [1.807, 2.05) is 6.92 Å². The van der Waals surface area contributed by atoms with E-state index in [1.54, 1.807) is 6.07 Å². The molecule has 0 spiro atoms. The van der Waals surface area contributed by atoms with Crippen LogP contribution in [0, 0.1) is 0 Å². The molecule has 0 saturated heterocycles. The molecular formula is C11H16F3NO2. The number of hydrogen-bond acceptors (Lipinski definition) is 3. The van der Waals surface area contributed by atoms with Gasteiger partial charge >= 0.3 is 6.18 Å². The summed E-state index contributed by atoms with van der Waals surface area (Å²) < 4.78 is 45.2. The van der Waals surface area contributed by atoms with Crippen molar-refractivity contribution >= 4 is 0 Å². The summed E-state index contributed by atoms with van der Waals surface area (Å²) in [5.74, 6) is 0.442. The normalized spacial score (nSPS) is 12.0. The largest absolute Gasteiger partial charge is 0.467 e. The van der Waals surface area contributed by atoms with E-state index in [-0.39, 0.29) is 6.61 Å². The van der Waals surface area contributed by atoms with Gasteiger partial charge in [-0.1, -0.05) is 6.92 Å². The summed E-state index contributed by atoms with van der Waals surface area (Å²) in [6, 6.07) is 1.73. The van der Waals surface area contributed by atoms with Gasteiger partial charge in [-0.25, -0.2) is 0 Å². The molecule has 0 fully saturated rings. The van der Waals surface area contributed by atoms with Crippen LogP contribution in [0.1, 0.15) is 24.7 Å². The van der Waals surface area contributed by atoms with Gasteiger partial charge in [0.1, 0.15) is 19.0 Å². The fraction of sp³-hybridized carbons (Fsp3) is 0.636. The highest BCUT2D eigenvalue weighted by molar-refractivity contribution is 5.16. The maximum absolute atomic E-state index is 11.9. The number of rotatable bonds is 7. The zero-order valence-corrected chi connectivity index (χ0v) is 9.64. The Morgan fingerprint density at radius 1 is 1.41 bits per heavy atom. The van der Waals surface area contributed by atoms with Gasteiger partial charge in [0.15, 0.2) is 0 Å². The van der Waals surface area contributed by atoms with E-state index < -0.39 is 12.8 Å². The van der Waals surface area contributed by atoms with Crippen molar-refractivity contribution in [2.45, 2.75) is 32.7 Å². The van der Waals surface area contributed by atoms with E-state index in [0.717, 1.165) is 18.5 Å². The van der Waals surface area contributed by atoms with Gasteiger partial charge in [-0.3, -0.25) is 0 Å². The van der Waals surface area contributed by atoms with E-state index in [0.29, 0.717) is 12.3 Å². The van der Waals surface area contributed by atoms with Crippen molar-refractivity contribution in [2.24, 2.45) is 0 Å². The molecule has 98 valence electrons. The van der Waals surface area contributed by atoms with Gasteiger partial charge in [0, 0.05) is 12.1 Å². The van der Waals surface area contributed by atoms with E-state index in [2.05, 4.69) is 10.1 Å². The topological polar surface area (TPSA) is 34.4 Å². The SMILES string of the molecule is CCCNCc1ccoc1COCC(F)(F)F. The van der Waals surface area contributed by atoms with Crippen LogP contribution in [0.15, 0.2) is 16.7 Å². The summed E-state index contributed by atoms with van der Waals surface area (Å²) in [5, 5.41) is 3.15. The average Bonchev–Trinajstić information content (AvgIpc) is 2.64. The fourth-order valence-corrected chi connectivity index (χ4v) is 1.31. The lowest BCUT2D eigenvalue weighted by Crippen LogP contribution is -2.17. The summed E-state index contributed by atoms with van der Waals surface area (Å²) in [6.45, 7) is 2.06. The molecule has 1 rings (SSSR count). The molecule has 0 radical (unpaired) electrons. The Labute approximate surface area is 97.9 Å². The molecule has 1 heterocycles. The predicted molar refractivity (Wildman–Crippen MR) is 56.4 cm³/mol. The van der Waals surface area contributed by atoms with Crippen molar-refractivity contribution in [3.8, 4) is 0 Å². The molecule has 17 heavy (non-hydrogen) atoms. The first-order chi connectivity index (χ1) is 8.03. The molecule has 0 aromatic carbocycles. The van der Waals surface area contributed by atoms with Crippen molar-refractivity contribution in [3.05, 3.63) is 23.7 Å². The van der Waals surface area contributed by atoms with Crippen LogP contribution in [0.4, 0.5) is 13.2 Å². The fourth-order valence-electron chi connectivity index (χ4n) is 1.31. The zero-order valence-electron chi connectivity index (χ0n) is 9.64. The minimum Gasteiger partial charge on any atom is -0.467 e. The van der Waals surface area contributed by atoms with Crippen molar-refractivity contribution in [2.75, 3.05) is 13.2 Å². The lowest BCUT2D eigenvalue weighted by Gasteiger charge is -2.07. The van der Waals surface area contributed by atoms with Gasteiger partial charge in [0.2, 0.25) is 0 Å². The summed E-state index contributed by atoms with van der Waals surface area (Å²) in [7, 11) is 0. The van der Waals surface area contributed by atoms with E-state index in [4.69, 9.17) is 4.42 Å². The molecule has 6 heteroatoms. The third kappa shape index (κ3) is 5.74. The molecule has 3 nitrogen and oxygen atoms in total. The molecule has 0 aliphatic carbocycles. The Morgan fingerprint density at radius 2 is 2.18 bits per heavy atom. The molecular weight excluding hydrogens is 235 g/mol. The second-order valence-corrected chi connectivity index (χ2v) is 3.65. The average molecular weight is 251 g/mol. The highest BCUT2D eigenvalue weighted by Crippen LogP contribution is 2.17. The minimum absolute atomic E-state index is 0.157. The van der Waals surface area contributed by atoms with Crippen molar-refractivity contribution in [1.82, 2.24) is 5.32 Å². The molecule has 0 bridgehead atoms. The summed E-state index contributed by atoms with van der Waals surface area (Å²) >= 11 is 0. The van der Waals surface area contributed by atoms with Gasteiger partial charge in [-0.15, -0.1) is 0 Å². The molecule has 1 aromatic heterocycles. The van der Waals surface area contributed by atoms with Crippen molar-refractivity contribution in [3.63, 3.8) is 0 Å². The molecule has 0 saturated carbocycles. The zero-order chi connectivity index (χ0) is 12.7. The smallest absolute Gasteiger partial charge is 0.411 e. The number of furan rings is 1. The standard InChI is InChI=1S/C11H16F3NO2/c1-2-4-15-6-9-3-5-17-10(9)7-16-8-11(12,13)14/h3,5,15H,2,4,6-8H2,1H3. The van der Waals surface area contributed by atoms with Crippen LogP contribution >= 0.6 is 0 Å². The number of alkyl halides is 3. The van der Waals surface area contributed by atoms with E-state index >= 15 is 0 Å². The first kappa shape index (κ1) is 14.1. The Hall–Kier alpha value is -1.01. The first-order valence-electron chi connectivity index (χ1n) is 5.43. The van der Waals surface area contributed by atoms with Gasteiger partial charge in [-0.2, -0.15) is 13.2 Å². The third-order valence-corrected chi connectivity index (χ3v) is 2.08. The minimum atomic E-state index is -4.30. The quantitative estimate of drug-likeness (QED) is 0.757. The van der Waals surface area contributed by atoms with Crippen LogP contribution in [-0.2, 0) is 17.9 Å². The van der Waals surface area contributed by atoms with Crippen LogP contribution in [-0.4, -0.2) is 19.3 Å². The Balaban J connectivity index is 2.35. The molecule has 1 aromatic rings. The Kier molecular flexibility index (Phi) is 5.50. The molecule has 0 aliphatic rings. The van der Waals surface area contributed by atoms with Crippen molar-refractivity contribution < 1.29 is 22.3 Å². The Morgan fingerprint density at radius 3 is 2.82 bits per heavy atom.